The molecule has 0 radical (unpaired) electrons. The topological polar surface area (TPSA) is 66.9 Å². The molecule has 0 N–H and O–H groups in total. The molecule has 3 aliphatic rings. The van der Waals surface area contributed by atoms with E-state index in [4.69, 9.17) is 4.74 Å². The predicted molar refractivity (Wildman–Crippen MR) is 86.9 cm³/mol. The van der Waals surface area contributed by atoms with Gasteiger partial charge in [-0.05, 0) is 44.9 Å². The van der Waals surface area contributed by atoms with Gasteiger partial charge < -0.3 is 4.74 Å². The molecule has 132 valence electrons. The third-order valence-electron chi connectivity index (χ3n) is 5.86. The molecule has 23 heavy (non-hydrogen) atoms. The summed E-state index contributed by atoms with van der Waals surface area (Å²) in [5.74, 6) is 0.148. The summed E-state index contributed by atoms with van der Waals surface area (Å²) in [6.07, 6.45) is 6.61. The van der Waals surface area contributed by atoms with Crippen LogP contribution in [0.1, 0.15) is 51.9 Å². The average molecular weight is 344 g/mol. The largest absolute Gasteiger partial charge is 0.469 e. The van der Waals surface area contributed by atoms with Crippen molar-refractivity contribution >= 4 is 16.2 Å². The molecule has 0 bridgehead atoms. The highest BCUT2D eigenvalue weighted by Crippen LogP contribution is 2.42. The van der Waals surface area contributed by atoms with E-state index < -0.39 is 10.2 Å². The van der Waals surface area contributed by atoms with Crippen LogP contribution in [0, 0.1) is 11.8 Å². The highest BCUT2D eigenvalue weighted by Gasteiger charge is 2.48. The Balaban J connectivity index is 1.71. The lowest BCUT2D eigenvalue weighted by Crippen LogP contribution is -2.52. The van der Waals surface area contributed by atoms with Gasteiger partial charge in [0, 0.05) is 25.2 Å². The van der Waals surface area contributed by atoms with Gasteiger partial charge in [-0.25, -0.2) is 0 Å². The molecule has 0 aromatic rings. The quantitative estimate of drug-likeness (QED) is 0.732. The van der Waals surface area contributed by atoms with Crippen LogP contribution in [0.2, 0.25) is 0 Å². The number of piperidine rings is 1. The molecular formula is C16H28N2O4S. The van der Waals surface area contributed by atoms with E-state index in [1.165, 1.54) is 13.5 Å². The molecule has 0 spiro atoms. The van der Waals surface area contributed by atoms with Crippen molar-refractivity contribution in [1.29, 1.82) is 0 Å². The van der Waals surface area contributed by atoms with Gasteiger partial charge in [0.2, 0.25) is 0 Å². The molecule has 3 atom stereocenters. The average Bonchev–Trinajstić information content (AvgIpc) is 2.90. The van der Waals surface area contributed by atoms with Gasteiger partial charge in [0.1, 0.15) is 0 Å². The van der Waals surface area contributed by atoms with Crippen molar-refractivity contribution in [3.63, 3.8) is 0 Å². The molecule has 0 unspecified atom stereocenters. The van der Waals surface area contributed by atoms with Gasteiger partial charge in [-0.1, -0.05) is 12.8 Å². The Labute approximate surface area is 139 Å². The van der Waals surface area contributed by atoms with Crippen LogP contribution < -0.4 is 0 Å². The molecule has 2 aliphatic heterocycles. The minimum atomic E-state index is -3.42. The summed E-state index contributed by atoms with van der Waals surface area (Å²) >= 11 is 0. The fraction of sp³-hybridized carbons (Fsp3) is 0.938. The Kier molecular flexibility index (Phi) is 4.99. The van der Waals surface area contributed by atoms with E-state index in [-0.39, 0.29) is 24.0 Å². The van der Waals surface area contributed by atoms with Gasteiger partial charge in [-0.2, -0.15) is 17.0 Å². The predicted octanol–water partition coefficient (Wildman–Crippen LogP) is 1.77. The lowest BCUT2D eigenvalue weighted by molar-refractivity contribution is -0.146. The normalized spacial score (nSPS) is 34.3. The van der Waals surface area contributed by atoms with Crippen LogP contribution in [0.4, 0.5) is 0 Å². The molecule has 1 aliphatic carbocycles. The maximum absolute atomic E-state index is 13.1. The van der Waals surface area contributed by atoms with E-state index in [0.717, 1.165) is 25.7 Å². The Morgan fingerprint density at radius 3 is 2.39 bits per heavy atom. The lowest BCUT2D eigenvalue weighted by atomic mass is 9.85. The van der Waals surface area contributed by atoms with Crippen LogP contribution in [-0.4, -0.2) is 55.3 Å². The van der Waals surface area contributed by atoms with Crippen molar-refractivity contribution < 1.29 is 17.9 Å². The fourth-order valence-corrected chi connectivity index (χ4v) is 6.79. The summed E-state index contributed by atoms with van der Waals surface area (Å²) in [5.41, 5.74) is 0. The maximum atomic E-state index is 13.1. The molecular weight excluding hydrogens is 316 g/mol. The van der Waals surface area contributed by atoms with Crippen LogP contribution in [0.5, 0.6) is 0 Å². The summed E-state index contributed by atoms with van der Waals surface area (Å²) in [4.78, 5) is 11.6. The number of hydrogen-bond donors (Lipinski definition) is 0. The Bertz CT molecular complexity index is 542. The molecule has 2 heterocycles. The third kappa shape index (κ3) is 3.15. The minimum Gasteiger partial charge on any atom is -0.469 e. The number of carbonyl (C=O) groups is 1. The second-order valence-electron chi connectivity index (χ2n) is 7.23. The standard InChI is InChI=1S/C16H28N2O4S/c1-12-11-14-5-3-4-6-15(14)18(12)23(20,21)17-9-7-13(8-10-17)16(19)22-2/h12-15H,3-11H2,1-2H3/t12-,14-,15+/m1/s1. The van der Waals surface area contributed by atoms with Gasteiger partial charge in [0.15, 0.2) is 0 Å². The van der Waals surface area contributed by atoms with Gasteiger partial charge in [0.25, 0.3) is 10.2 Å². The van der Waals surface area contributed by atoms with Crippen molar-refractivity contribution in [2.45, 2.75) is 64.0 Å². The summed E-state index contributed by atoms with van der Waals surface area (Å²) in [7, 11) is -2.03. The van der Waals surface area contributed by atoms with Gasteiger partial charge in [-0.3, -0.25) is 4.79 Å². The Hall–Kier alpha value is -0.660. The zero-order valence-electron chi connectivity index (χ0n) is 14.1. The van der Waals surface area contributed by atoms with E-state index >= 15 is 0 Å². The molecule has 2 saturated heterocycles. The second-order valence-corrected chi connectivity index (χ2v) is 9.06. The van der Waals surface area contributed by atoms with Crippen LogP contribution >= 0.6 is 0 Å². The first kappa shape index (κ1) is 17.2. The van der Waals surface area contributed by atoms with Crippen LogP contribution in [0.25, 0.3) is 0 Å². The molecule has 0 amide bonds. The van der Waals surface area contributed by atoms with E-state index in [1.807, 2.05) is 6.92 Å². The summed E-state index contributed by atoms with van der Waals surface area (Å²) in [5, 5.41) is 0. The van der Waals surface area contributed by atoms with E-state index in [0.29, 0.717) is 31.8 Å². The highest BCUT2D eigenvalue weighted by atomic mass is 32.2. The SMILES string of the molecule is COC(=O)C1CCN(S(=O)(=O)N2[C@H](C)C[C@H]3CCCC[C@@H]32)CC1. The Morgan fingerprint density at radius 1 is 1.09 bits per heavy atom. The number of hydrogen-bond acceptors (Lipinski definition) is 4. The number of rotatable bonds is 3. The summed E-state index contributed by atoms with van der Waals surface area (Å²) < 4.78 is 34.4. The summed E-state index contributed by atoms with van der Waals surface area (Å²) in [6.45, 7) is 2.88. The molecule has 7 heteroatoms. The smallest absolute Gasteiger partial charge is 0.308 e. The first-order valence-electron chi connectivity index (χ1n) is 8.81. The Morgan fingerprint density at radius 2 is 1.74 bits per heavy atom. The lowest BCUT2D eigenvalue weighted by Gasteiger charge is -2.38. The molecule has 0 aromatic carbocycles. The van der Waals surface area contributed by atoms with Gasteiger partial charge >= 0.3 is 5.97 Å². The fourth-order valence-electron chi connectivity index (χ4n) is 4.69. The number of fused-ring (bicyclic) bond motifs is 1. The maximum Gasteiger partial charge on any atom is 0.308 e. The number of methoxy groups -OCH3 is 1. The summed E-state index contributed by atoms with van der Waals surface area (Å²) in [6, 6.07) is 0.272. The molecule has 1 saturated carbocycles. The third-order valence-corrected chi connectivity index (χ3v) is 8.04. The van der Waals surface area contributed by atoms with Gasteiger partial charge in [0.05, 0.1) is 13.0 Å². The monoisotopic (exact) mass is 344 g/mol. The van der Waals surface area contributed by atoms with E-state index in [1.54, 1.807) is 8.61 Å². The molecule has 6 nitrogen and oxygen atoms in total. The zero-order valence-corrected chi connectivity index (χ0v) is 14.9. The number of carbonyl (C=O) groups excluding carboxylic acids is 1. The van der Waals surface area contributed by atoms with Crippen LogP contribution in [0.3, 0.4) is 0 Å². The number of esters is 1. The first-order valence-corrected chi connectivity index (χ1v) is 10.2. The zero-order chi connectivity index (χ0) is 16.6. The molecule has 3 rings (SSSR count). The second kappa shape index (κ2) is 6.69. The van der Waals surface area contributed by atoms with Crippen LogP contribution in [0.15, 0.2) is 0 Å². The van der Waals surface area contributed by atoms with Crippen molar-refractivity contribution in [2.75, 3.05) is 20.2 Å². The van der Waals surface area contributed by atoms with Crippen molar-refractivity contribution in [2.24, 2.45) is 11.8 Å². The van der Waals surface area contributed by atoms with E-state index in [9.17, 15) is 13.2 Å². The van der Waals surface area contributed by atoms with Crippen molar-refractivity contribution in [3.05, 3.63) is 0 Å². The van der Waals surface area contributed by atoms with Crippen molar-refractivity contribution in [3.8, 4) is 0 Å². The van der Waals surface area contributed by atoms with Crippen molar-refractivity contribution in [1.82, 2.24) is 8.61 Å². The number of ether oxygens (including phenoxy) is 1. The minimum absolute atomic E-state index is 0.0893. The first-order chi connectivity index (χ1) is 10.9. The molecule has 3 fully saturated rings. The molecule has 0 aromatic heterocycles. The number of nitrogens with zero attached hydrogens (tertiary/aromatic N) is 2. The highest BCUT2D eigenvalue weighted by molar-refractivity contribution is 7.86. The van der Waals surface area contributed by atoms with Gasteiger partial charge in [-0.15, -0.1) is 0 Å². The van der Waals surface area contributed by atoms with E-state index in [2.05, 4.69) is 0 Å². The van der Waals surface area contributed by atoms with Crippen LogP contribution in [-0.2, 0) is 19.7 Å².